The van der Waals surface area contributed by atoms with Gasteiger partial charge in [0.2, 0.25) is 5.91 Å². The normalized spacial score (nSPS) is 10.8. The lowest BCUT2D eigenvalue weighted by atomic mass is 10.2. The van der Waals surface area contributed by atoms with Crippen LogP contribution in [0.3, 0.4) is 0 Å². The van der Waals surface area contributed by atoms with E-state index in [1.54, 1.807) is 5.51 Å². The van der Waals surface area contributed by atoms with Crippen molar-refractivity contribution < 1.29 is 4.79 Å². The monoisotopic (exact) mass is 432 g/mol. The maximum Gasteiger partial charge on any atom is 0.330 e. The summed E-state index contributed by atoms with van der Waals surface area (Å²) < 4.78 is 1.92. The molecule has 29 heavy (non-hydrogen) atoms. The summed E-state index contributed by atoms with van der Waals surface area (Å²) >= 11 is 2.57. The summed E-state index contributed by atoms with van der Waals surface area (Å²) in [6.45, 7) is 2.37. The van der Waals surface area contributed by atoms with E-state index in [2.05, 4.69) is 15.2 Å². The van der Waals surface area contributed by atoms with Gasteiger partial charge in [-0.2, -0.15) is 0 Å². The molecular formula is C18H20N6O3S2. The third-order valence-electron chi connectivity index (χ3n) is 4.07. The SMILES string of the molecule is CCCN(C(=O)CSc1nncs1)c1c(N)n(Cc2ccccc2)c(=O)[nH]c1=O. The molecule has 0 spiro atoms. The van der Waals surface area contributed by atoms with Gasteiger partial charge in [-0.1, -0.05) is 60.4 Å². The number of anilines is 2. The zero-order valence-corrected chi connectivity index (χ0v) is 17.3. The molecule has 0 aliphatic carbocycles. The van der Waals surface area contributed by atoms with Gasteiger partial charge in [-0.15, -0.1) is 10.2 Å². The largest absolute Gasteiger partial charge is 0.383 e. The first-order valence-electron chi connectivity index (χ1n) is 8.87. The van der Waals surface area contributed by atoms with E-state index < -0.39 is 11.2 Å². The fourth-order valence-electron chi connectivity index (χ4n) is 2.77. The highest BCUT2D eigenvalue weighted by atomic mass is 32.2. The highest BCUT2D eigenvalue weighted by Crippen LogP contribution is 2.23. The van der Waals surface area contributed by atoms with Crippen molar-refractivity contribution in [3.63, 3.8) is 0 Å². The van der Waals surface area contributed by atoms with E-state index in [1.807, 2.05) is 37.3 Å². The molecule has 0 saturated heterocycles. The van der Waals surface area contributed by atoms with Gasteiger partial charge >= 0.3 is 5.69 Å². The van der Waals surface area contributed by atoms with Crippen LogP contribution < -0.4 is 21.9 Å². The van der Waals surface area contributed by atoms with Crippen molar-refractivity contribution in [1.29, 1.82) is 0 Å². The molecule has 0 atom stereocenters. The average Bonchev–Trinajstić information content (AvgIpc) is 3.23. The number of carbonyl (C=O) groups excluding carboxylic acids is 1. The molecule has 9 nitrogen and oxygen atoms in total. The molecule has 152 valence electrons. The van der Waals surface area contributed by atoms with Gasteiger partial charge < -0.3 is 10.6 Å². The Morgan fingerprint density at radius 3 is 2.72 bits per heavy atom. The number of aromatic amines is 1. The number of carbonyl (C=O) groups is 1. The number of benzene rings is 1. The van der Waals surface area contributed by atoms with Gasteiger partial charge in [-0.05, 0) is 12.0 Å². The molecule has 0 aliphatic rings. The Bertz CT molecular complexity index is 1080. The molecule has 3 N–H and O–H groups in total. The van der Waals surface area contributed by atoms with E-state index >= 15 is 0 Å². The van der Waals surface area contributed by atoms with E-state index in [4.69, 9.17) is 5.73 Å². The topological polar surface area (TPSA) is 127 Å². The minimum Gasteiger partial charge on any atom is -0.383 e. The fraction of sp³-hybridized carbons (Fsp3) is 0.278. The van der Waals surface area contributed by atoms with Crippen LogP contribution in [0.4, 0.5) is 11.5 Å². The van der Waals surface area contributed by atoms with Crippen LogP contribution in [0.1, 0.15) is 18.9 Å². The number of hydrogen-bond donors (Lipinski definition) is 2. The molecule has 1 amide bonds. The van der Waals surface area contributed by atoms with Crippen molar-refractivity contribution in [3.05, 3.63) is 62.2 Å². The Morgan fingerprint density at radius 2 is 2.07 bits per heavy atom. The molecule has 2 heterocycles. The van der Waals surface area contributed by atoms with Crippen LogP contribution >= 0.6 is 23.1 Å². The number of nitrogens with two attached hydrogens (primary N) is 1. The average molecular weight is 433 g/mol. The van der Waals surface area contributed by atoms with E-state index in [0.29, 0.717) is 17.3 Å². The maximum absolute atomic E-state index is 12.9. The van der Waals surface area contributed by atoms with Gasteiger partial charge in [0.1, 0.15) is 11.3 Å². The number of aromatic nitrogens is 4. The van der Waals surface area contributed by atoms with Crippen molar-refractivity contribution in [1.82, 2.24) is 19.7 Å². The summed E-state index contributed by atoms with van der Waals surface area (Å²) in [5.74, 6) is -0.259. The third-order valence-corrected chi connectivity index (χ3v) is 5.92. The quantitative estimate of drug-likeness (QED) is 0.517. The van der Waals surface area contributed by atoms with Gasteiger partial charge in [0.05, 0.1) is 12.3 Å². The number of rotatable bonds is 8. The van der Waals surface area contributed by atoms with Crippen LogP contribution in [0.25, 0.3) is 0 Å². The number of nitrogens with zero attached hydrogens (tertiary/aromatic N) is 4. The molecule has 3 rings (SSSR count). The first kappa shape index (κ1) is 20.8. The Balaban J connectivity index is 1.94. The lowest BCUT2D eigenvalue weighted by Crippen LogP contribution is -2.42. The van der Waals surface area contributed by atoms with Gasteiger partial charge in [0.15, 0.2) is 10.0 Å². The predicted molar refractivity (Wildman–Crippen MR) is 115 cm³/mol. The Labute approximate surface area is 174 Å². The van der Waals surface area contributed by atoms with Gasteiger partial charge in [0.25, 0.3) is 5.56 Å². The number of nitrogens with one attached hydrogen (secondary N) is 1. The van der Waals surface area contributed by atoms with E-state index in [-0.39, 0.29) is 29.7 Å². The molecule has 0 bridgehead atoms. The number of H-pyrrole nitrogens is 1. The molecule has 0 unspecified atom stereocenters. The second-order valence-electron chi connectivity index (χ2n) is 6.10. The maximum atomic E-state index is 12.9. The van der Waals surface area contributed by atoms with Crippen LogP contribution in [-0.4, -0.2) is 38.0 Å². The lowest BCUT2D eigenvalue weighted by molar-refractivity contribution is -0.116. The number of nitrogen functional groups attached to an aromatic ring is 1. The van der Waals surface area contributed by atoms with Crippen LogP contribution in [0.5, 0.6) is 0 Å². The Kier molecular flexibility index (Phi) is 6.83. The van der Waals surface area contributed by atoms with Crippen molar-refractivity contribution in [2.75, 3.05) is 22.9 Å². The van der Waals surface area contributed by atoms with Crippen LogP contribution in [0, 0.1) is 0 Å². The zero-order chi connectivity index (χ0) is 20.8. The fourth-order valence-corrected chi connectivity index (χ4v) is 4.14. The summed E-state index contributed by atoms with van der Waals surface area (Å²) in [5, 5.41) is 7.64. The molecule has 0 aliphatic heterocycles. The Hall–Kier alpha value is -2.92. The van der Waals surface area contributed by atoms with Gasteiger partial charge in [-0.3, -0.25) is 19.1 Å². The summed E-state index contributed by atoms with van der Waals surface area (Å²) in [6.07, 6.45) is 0.617. The molecule has 1 aromatic carbocycles. The van der Waals surface area contributed by atoms with E-state index in [9.17, 15) is 14.4 Å². The van der Waals surface area contributed by atoms with Crippen molar-refractivity contribution in [3.8, 4) is 0 Å². The highest BCUT2D eigenvalue weighted by molar-refractivity contribution is 8.01. The van der Waals surface area contributed by atoms with Crippen molar-refractivity contribution >= 4 is 40.5 Å². The first-order valence-corrected chi connectivity index (χ1v) is 10.7. The summed E-state index contributed by atoms with van der Waals surface area (Å²) in [5.41, 5.74) is 7.34. The summed E-state index contributed by atoms with van der Waals surface area (Å²) in [6, 6.07) is 9.27. The highest BCUT2D eigenvalue weighted by Gasteiger charge is 2.24. The summed E-state index contributed by atoms with van der Waals surface area (Å²) in [4.78, 5) is 41.4. The molecule has 0 saturated carbocycles. The molecule has 2 aromatic heterocycles. The van der Waals surface area contributed by atoms with Crippen LogP contribution in [-0.2, 0) is 11.3 Å². The van der Waals surface area contributed by atoms with E-state index in [1.165, 1.54) is 32.6 Å². The smallest absolute Gasteiger partial charge is 0.330 e. The summed E-state index contributed by atoms with van der Waals surface area (Å²) in [7, 11) is 0. The zero-order valence-electron chi connectivity index (χ0n) is 15.7. The minimum absolute atomic E-state index is 0.00903. The van der Waals surface area contributed by atoms with Crippen LogP contribution in [0.15, 0.2) is 49.8 Å². The van der Waals surface area contributed by atoms with Crippen molar-refractivity contribution in [2.45, 2.75) is 24.2 Å². The van der Waals surface area contributed by atoms with Gasteiger partial charge in [0, 0.05) is 6.54 Å². The number of hydrogen-bond acceptors (Lipinski definition) is 8. The third kappa shape index (κ3) is 4.93. The minimum atomic E-state index is -0.681. The molecule has 0 fully saturated rings. The second-order valence-corrected chi connectivity index (χ2v) is 8.16. The first-order chi connectivity index (χ1) is 14.0. The molecular weight excluding hydrogens is 412 g/mol. The standard InChI is InChI=1S/C18H20N6O3S2/c1-2-8-23(13(25)10-28-18-22-20-11-29-18)14-15(19)24(17(27)21-16(14)26)9-12-6-4-3-5-7-12/h3-7,11H,2,8-10,19H2,1H3,(H,21,26,27). The van der Waals surface area contributed by atoms with Gasteiger partial charge in [-0.25, -0.2) is 4.79 Å². The molecule has 3 aromatic rings. The lowest BCUT2D eigenvalue weighted by Gasteiger charge is -2.24. The molecule has 0 radical (unpaired) electrons. The number of thioether (sulfide) groups is 1. The molecule has 11 heteroatoms. The Morgan fingerprint density at radius 1 is 1.31 bits per heavy atom. The van der Waals surface area contributed by atoms with E-state index in [0.717, 1.165) is 5.56 Å². The number of amides is 1. The second kappa shape index (κ2) is 9.52. The predicted octanol–water partition coefficient (Wildman–Crippen LogP) is 1.55. The van der Waals surface area contributed by atoms with Crippen molar-refractivity contribution in [2.24, 2.45) is 0 Å². The van der Waals surface area contributed by atoms with Crippen LogP contribution in [0.2, 0.25) is 0 Å².